The summed E-state index contributed by atoms with van der Waals surface area (Å²) < 4.78 is 18.5. The Morgan fingerprint density at radius 1 is 1.21 bits per heavy atom. The number of hydrogen-bond acceptors (Lipinski definition) is 4. The topological polar surface area (TPSA) is 79.8 Å². The number of benzene rings is 2. The molecule has 148 valence electrons. The van der Waals surface area contributed by atoms with Crippen LogP contribution in [0.15, 0.2) is 47.6 Å². The number of rotatable bonds is 7. The van der Waals surface area contributed by atoms with Crippen LogP contribution in [-0.2, 0) is 16.2 Å². The van der Waals surface area contributed by atoms with Crippen LogP contribution in [0, 0.1) is 5.82 Å². The summed E-state index contributed by atoms with van der Waals surface area (Å²) >= 11 is 6.19. The number of halogens is 2. The van der Waals surface area contributed by atoms with Crippen molar-refractivity contribution in [3.63, 3.8) is 0 Å². The number of nitrogens with zero attached hydrogens (tertiary/aromatic N) is 1. The van der Waals surface area contributed by atoms with Crippen LogP contribution in [0.3, 0.4) is 0 Å². The van der Waals surface area contributed by atoms with Crippen molar-refractivity contribution in [3.8, 4) is 5.75 Å². The normalized spacial score (nSPS) is 11.9. The number of carbonyl (C=O) groups excluding carboxylic acids is 2. The Bertz CT molecular complexity index is 856. The van der Waals surface area contributed by atoms with Crippen molar-refractivity contribution < 1.29 is 18.7 Å². The maximum absolute atomic E-state index is 12.9. The van der Waals surface area contributed by atoms with Gasteiger partial charge in [-0.1, -0.05) is 30.7 Å². The molecule has 2 rings (SSSR count). The third kappa shape index (κ3) is 6.66. The van der Waals surface area contributed by atoms with Crippen molar-refractivity contribution >= 4 is 29.6 Å². The maximum atomic E-state index is 12.9. The van der Waals surface area contributed by atoms with E-state index in [0.29, 0.717) is 16.3 Å². The summed E-state index contributed by atoms with van der Waals surface area (Å²) in [7, 11) is 0. The smallest absolute Gasteiger partial charge is 0.329 e. The monoisotopic (exact) mass is 405 g/mol. The van der Waals surface area contributed by atoms with Gasteiger partial charge in [0, 0.05) is 6.04 Å². The van der Waals surface area contributed by atoms with Crippen molar-refractivity contribution in [1.82, 2.24) is 10.7 Å². The minimum absolute atomic E-state index is 0.0940. The summed E-state index contributed by atoms with van der Waals surface area (Å²) in [6.45, 7) is 3.95. The second kappa shape index (κ2) is 10.4. The zero-order chi connectivity index (χ0) is 20.5. The van der Waals surface area contributed by atoms with E-state index >= 15 is 0 Å². The summed E-state index contributed by atoms with van der Waals surface area (Å²) in [5.74, 6) is -1.44. The van der Waals surface area contributed by atoms with E-state index in [1.165, 1.54) is 18.3 Å². The van der Waals surface area contributed by atoms with Gasteiger partial charge < -0.3 is 10.1 Å². The zero-order valence-electron chi connectivity index (χ0n) is 15.5. The SMILES string of the molecule is CC[C@@H](C)NC(=O)C(=O)N/N=C\c1ccc(OCc2ccc(F)cc2)c(Cl)c1. The molecule has 28 heavy (non-hydrogen) atoms. The van der Waals surface area contributed by atoms with Crippen LogP contribution in [0.25, 0.3) is 0 Å². The molecule has 8 heteroatoms. The molecule has 0 aliphatic carbocycles. The molecule has 0 aromatic heterocycles. The van der Waals surface area contributed by atoms with Gasteiger partial charge in [0.25, 0.3) is 0 Å². The van der Waals surface area contributed by atoms with Crippen molar-refractivity contribution in [2.24, 2.45) is 5.10 Å². The van der Waals surface area contributed by atoms with Crippen molar-refractivity contribution in [2.45, 2.75) is 32.9 Å². The number of carbonyl (C=O) groups is 2. The molecular weight excluding hydrogens is 385 g/mol. The summed E-state index contributed by atoms with van der Waals surface area (Å²) in [5, 5.41) is 6.64. The molecule has 0 heterocycles. The van der Waals surface area contributed by atoms with Gasteiger partial charge in [-0.25, -0.2) is 9.82 Å². The molecule has 0 radical (unpaired) electrons. The number of ether oxygens (including phenoxy) is 1. The molecule has 1 atom stereocenters. The van der Waals surface area contributed by atoms with Crippen LogP contribution < -0.4 is 15.5 Å². The minimum Gasteiger partial charge on any atom is -0.487 e. The predicted molar refractivity (Wildman–Crippen MR) is 106 cm³/mol. The first kappa shape index (κ1) is 21.4. The molecule has 0 spiro atoms. The molecule has 0 saturated carbocycles. The van der Waals surface area contributed by atoms with Crippen LogP contribution in [0.4, 0.5) is 4.39 Å². The summed E-state index contributed by atoms with van der Waals surface area (Å²) in [6, 6.07) is 10.8. The molecule has 2 amide bonds. The molecule has 0 saturated heterocycles. The van der Waals surface area contributed by atoms with E-state index in [2.05, 4.69) is 15.8 Å². The zero-order valence-corrected chi connectivity index (χ0v) is 16.3. The first-order chi connectivity index (χ1) is 13.4. The highest BCUT2D eigenvalue weighted by Crippen LogP contribution is 2.25. The third-order valence-corrected chi connectivity index (χ3v) is 4.13. The fourth-order valence-corrected chi connectivity index (χ4v) is 2.31. The largest absolute Gasteiger partial charge is 0.487 e. The Balaban J connectivity index is 1.89. The van der Waals surface area contributed by atoms with Crippen molar-refractivity contribution in [1.29, 1.82) is 0 Å². The number of hydrogen-bond donors (Lipinski definition) is 2. The van der Waals surface area contributed by atoms with Gasteiger partial charge in [0.05, 0.1) is 11.2 Å². The van der Waals surface area contributed by atoms with E-state index < -0.39 is 11.8 Å². The highest BCUT2D eigenvalue weighted by atomic mass is 35.5. The lowest BCUT2D eigenvalue weighted by Gasteiger charge is -2.09. The molecular formula is C20H21ClFN3O3. The van der Waals surface area contributed by atoms with Gasteiger partial charge in [0.1, 0.15) is 18.2 Å². The van der Waals surface area contributed by atoms with E-state index in [-0.39, 0.29) is 18.5 Å². The van der Waals surface area contributed by atoms with Crippen LogP contribution in [-0.4, -0.2) is 24.1 Å². The lowest BCUT2D eigenvalue weighted by atomic mass is 10.2. The predicted octanol–water partition coefficient (Wildman–Crippen LogP) is 3.42. The Morgan fingerprint density at radius 2 is 1.93 bits per heavy atom. The number of hydrazone groups is 1. The Morgan fingerprint density at radius 3 is 2.57 bits per heavy atom. The molecule has 6 nitrogen and oxygen atoms in total. The van der Waals surface area contributed by atoms with E-state index in [4.69, 9.17) is 16.3 Å². The van der Waals surface area contributed by atoms with Gasteiger partial charge in [-0.3, -0.25) is 9.59 Å². The van der Waals surface area contributed by atoms with E-state index in [9.17, 15) is 14.0 Å². The second-order valence-corrected chi connectivity index (χ2v) is 6.49. The van der Waals surface area contributed by atoms with Gasteiger partial charge in [-0.15, -0.1) is 0 Å². The van der Waals surface area contributed by atoms with Gasteiger partial charge in [-0.05, 0) is 54.8 Å². The lowest BCUT2D eigenvalue weighted by molar-refractivity contribution is -0.139. The summed E-state index contributed by atoms with van der Waals surface area (Å²) in [4.78, 5) is 23.2. The van der Waals surface area contributed by atoms with Gasteiger partial charge in [-0.2, -0.15) is 5.10 Å². The molecule has 0 bridgehead atoms. The quantitative estimate of drug-likeness (QED) is 0.421. The van der Waals surface area contributed by atoms with Crippen LogP contribution in [0.5, 0.6) is 5.75 Å². The molecule has 0 aliphatic heterocycles. The molecule has 0 unspecified atom stereocenters. The summed E-state index contributed by atoms with van der Waals surface area (Å²) in [5.41, 5.74) is 3.58. The van der Waals surface area contributed by atoms with Crippen molar-refractivity contribution in [3.05, 3.63) is 64.4 Å². The van der Waals surface area contributed by atoms with Crippen molar-refractivity contribution in [2.75, 3.05) is 0 Å². The molecule has 2 aromatic rings. The average molecular weight is 406 g/mol. The van der Waals surface area contributed by atoms with E-state index in [0.717, 1.165) is 12.0 Å². The molecule has 0 fully saturated rings. The Labute approximate surface area is 167 Å². The lowest BCUT2D eigenvalue weighted by Crippen LogP contribution is -2.41. The fraction of sp³-hybridized carbons (Fsp3) is 0.250. The van der Waals surface area contributed by atoms with Crippen LogP contribution >= 0.6 is 11.6 Å². The highest BCUT2D eigenvalue weighted by molar-refractivity contribution is 6.35. The first-order valence-corrected chi connectivity index (χ1v) is 9.07. The van der Waals surface area contributed by atoms with Gasteiger partial charge >= 0.3 is 11.8 Å². The maximum Gasteiger partial charge on any atom is 0.329 e. The first-order valence-electron chi connectivity index (χ1n) is 8.69. The van der Waals surface area contributed by atoms with Gasteiger partial charge in [0.15, 0.2) is 0 Å². The molecule has 2 aromatic carbocycles. The molecule has 0 aliphatic rings. The van der Waals surface area contributed by atoms with Gasteiger partial charge in [0.2, 0.25) is 0 Å². The standard InChI is InChI=1S/C20H21ClFN3O3/c1-3-13(2)24-19(26)20(27)25-23-11-15-6-9-18(17(21)10-15)28-12-14-4-7-16(22)8-5-14/h4-11,13H,3,12H2,1-2H3,(H,24,26)(H,25,27)/b23-11-/t13-/m1/s1. The van der Waals surface area contributed by atoms with Crippen LogP contribution in [0.2, 0.25) is 5.02 Å². The fourth-order valence-electron chi connectivity index (χ4n) is 2.06. The molecule has 2 N–H and O–H groups in total. The Kier molecular flexibility index (Phi) is 7.95. The highest BCUT2D eigenvalue weighted by Gasteiger charge is 2.14. The summed E-state index contributed by atoms with van der Waals surface area (Å²) in [6.07, 6.45) is 2.08. The number of amides is 2. The Hall–Kier alpha value is -2.93. The van der Waals surface area contributed by atoms with E-state index in [1.54, 1.807) is 37.3 Å². The second-order valence-electron chi connectivity index (χ2n) is 6.09. The van der Waals surface area contributed by atoms with Crippen LogP contribution in [0.1, 0.15) is 31.4 Å². The average Bonchev–Trinajstić information content (AvgIpc) is 2.68. The third-order valence-electron chi connectivity index (χ3n) is 3.84. The minimum atomic E-state index is -0.845. The number of nitrogens with one attached hydrogen (secondary N) is 2. The van der Waals surface area contributed by atoms with E-state index in [1.807, 2.05) is 6.92 Å².